The highest BCUT2D eigenvalue weighted by atomic mass is 32.2. The van der Waals surface area contributed by atoms with E-state index in [2.05, 4.69) is 39.0 Å². The van der Waals surface area contributed by atoms with Crippen molar-refractivity contribution in [3.63, 3.8) is 0 Å². The molecule has 0 spiro atoms. The number of thioether (sulfide) groups is 1. The van der Waals surface area contributed by atoms with E-state index >= 15 is 0 Å². The van der Waals surface area contributed by atoms with Crippen LogP contribution in [0.3, 0.4) is 0 Å². The van der Waals surface area contributed by atoms with Crippen LogP contribution < -0.4 is 0 Å². The lowest BCUT2D eigenvalue weighted by Gasteiger charge is -2.10. The van der Waals surface area contributed by atoms with Gasteiger partial charge in [-0.1, -0.05) is 47.3 Å². The van der Waals surface area contributed by atoms with Crippen molar-refractivity contribution in [2.24, 2.45) is 0 Å². The zero-order valence-electron chi connectivity index (χ0n) is 14.0. The van der Waals surface area contributed by atoms with Crippen LogP contribution in [0.15, 0.2) is 75.1 Å². The third-order valence-corrected chi connectivity index (χ3v) is 5.42. The van der Waals surface area contributed by atoms with Crippen molar-refractivity contribution in [3.05, 3.63) is 66.7 Å². The van der Waals surface area contributed by atoms with Gasteiger partial charge >= 0.3 is 0 Å². The number of rotatable bonds is 6. The van der Waals surface area contributed by atoms with E-state index in [4.69, 9.17) is 8.94 Å². The Labute approximate surface area is 155 Å². The molecule has 5 rings (SSSR count). The monoisotopic (exact) mass is 363 g/mol. The molecule has 3 heterocycles. The van der Waals surface area contributed by atoms with Gasteiger partial charge in [-0.2, -0.15) is 0 Å². The predicted molar refractivity (Wildman–Crippen MR) is 99.7 cm³/mol. The summed E-state index contributed by atoms with van der Waals surface area (Å²) in [4.78, 5) is 4.67. The fourth-order valence-electron chi connectivity index (χ4n) is 3.01. The third kappa shape index (κ3) is 2.97. The average Bonchev–Trinajstić information content (AvgIpc) is 3.10. The number of hydrogen-bond donors (Lipinski definition) is 0. The number of nitrogens with zero attached hydrogens (tertiary/aromatic N) is 3. The van der Waals surface area contributed by atoms with Crippen LogP contribution in [0.5, 0.6) is 0 Å². The topological polar surface area (TPSA) is 57.0 Å². The molecule has 1 fully saturated rings. The first-order chi connectivity index (χ1) is 12.9. The van der Waals surface area contributed by atoms with Crippen LogP contribution in [0.1, 0.15) is 24.6 Å². The molecule has 130 valence electrons. The summed E-state index contributed by atoms with van der Waals surface area (Å²) in [5, 5.41) is 5.19. The Morgan fingerprint density at radius 2 is 1.96 bits per heavy atom. The predicted octanol–water partition coefficient (Wildman–Crippen LogP) is 5.43. The summed E-state index contributed by atoms with van der Waals surface area (Å²) in [5.41, 5.74) is 3.28. The maximum atomic E-state index is 5.38. The second-order valence-electron chi connectivity index (χ2n) is 6.34. The molecular formula is C20H17N3O2S. The number of imidazole rings is 1. The Balaban J connectivity index is 1.37. The zero-order valence-corrected chi connectivity index (χ0v) is 14.9. The number of hydrogen-bond acceptors (Lipinski definition) is 5. The summed E-state index contributed by atoms with van der Waals surface area (Å²) in [5.74, 6) is 2.06. The van der Waals surface area contributed by atoms with Gasteiger partial charge in [0.25, 0.3) is 0 Å². The summed E-state index contributed by atoms with van der Waals surface area (Å²) in [6.45, 7) is 0. The van der Waals surface area contributed by atoms with Crippen molar-refractivity contribution in [1.82, 2.24) is 14.7 Å². The van der Waals surface area contributed by atoms with E-state index in [0.29, 0.717) is 23.3 Å². The van der Waals surface area contributed by atoms with Crippen LogP contribution in [0.4, 0.5) is 0 Å². The summed E-state index contributed by atoms with van der Waals surface area (Å²) < 4.78 is 13.1. The quantitative estimate of drug-likeness (QED) is 0.428. The summed E-state index contributed by atoms with van der Waals surface area (Å²) in [7, 11) is 0. The number of furan rings is 1. The highest BCUT2D eigenvalue weighted by Gasteiger charge is 2.29. The molecule has 26 heavy (non-hydrogen) atoms. The Hall–Kier alpha value is -2.73. The number of benzene rings is 1. The molecule has 3 aromatic heterocycles. The van der Waals surface area contributed by atoms with E-state index in [1.165, 1.54) is 24.1 Å². The van der Waals surface area contributed by atoms with Crippen molar-refractivity contribution >= 4 is 11.8 Å². The molecule has 1 aromatic carbocycles. The fraction of sp³-hybridized carbons (Fsp3) is 0.200. The molecule has 0 amide bonds. The van der Waals surface area contributed by atoms with Crippen molar-refractivity contribution in [2.75, 3.05) is 0 Å². The van der Waals surface area contributed by atoms with Gasteiger partial charge in [0.1, 0.15) is 0 Å². The minimum Gasteiger partial charge on any atom is -0.461 e. The van der Waals surface area contributed by atoms with E-state index in [1.54, 1.807) is 18.0 Å². The van der Waals surface area contributed by atoms with Crippen LogP contribution >= 0.6 is 11.8 Å². The standard InChI is InChI=1S/C20H17N3O2S/c1-2-5-14(6-3-1)17-12-21-20(23(17)16-8-9-16)26-13-15-11-19(25-22-15)18-7-4-10-24-18/h1-7,10-12,16H,8-9,13H2. The van der Waals surface area contributed by atoms with Gasteiger partial charge in [0.05, 0.1) is 23.8 Å². The van der Waals surface area contributed by atoms with Crippen molar-refractivity contribution < 1.29 is 8.94 Å². The lowest BCUT2D eigenvalue weighted by atomic mass is 10.2. The van der Waals surface area contributed by atoms with E-state index < -0.39 is 0 Å². The average molecular weight is 363 g/mol. The zero-order chi connectivity index (χ0) is 17.3. The molecule has 0 bridgehead atoms. The van der Waals surface area contributed by atoms with Crippen LogP contribution in [0, 0.1) is 0 Å². The SMILES string of the molecule is c1ccc(-c2cnc(SCc3cc(-c4ccco4)on3)n2C2CC2)cc1. The third-order valence-electron chi connectivity index (χ3n) is 4.42. The molecule has 0 atom stereocenters. The van der Waals surface area contributed by atoms with E-state index in [9.17, 15) is 0 Å². The summed E-state index contributed by atoms with van der Waals surface area (Å²) in [6, 6.07) is 16.6. The molecule has 1 aliphatic rings. The number of aromatic nitrogens is 3. The minimum absolute atomic E-state index is 0.561. The maximum absolute atomic E-state index is 5.38. The molecule has 6 heteroatoms. The molecule has 0 radical (unpaired) electrons. The van der Waals surface area contributed by atoms with Gasteiger partial charge in [0, 0.05) is 17.9 Å². The van der Waals surface area contributed by atoms with Crippen molar-refractivity contribution in [2.45, 2.75) is 29.8 Å². The van der Waals surface area contributed by atoms with E-state index in [0.717, 1.165) is 10.9 Å². The lowest BCUT2D eigenvalue weighted by molar-refractivity contribution is 0.413. The Morgan fingerprint density at radius 1 is 1.08 bits per heavy atom. The molecule has 1 aliphatic carbocycles. The first-order valence-corrected chi connectivity index (χ1v) is 9.62. The van der Waals surface area contributed by atoms with Crippen molar-refractivity contribution in [3.8, 4) is 22.8 Å². The van der Waals surface area contributed by atoms with Gasteiger partial charge in [-0.15, -0.1) is 0 Å². The molecule has 1 saturated carbocycles. The molecule has 5 nitrogen and oxygen atoms in total. The molecule has 0 aliphatic heterocycles. The maximum Gasteiger partial charge on any atom is 0.202 e. The molecule has 0 unspecified atom stereocenters. The van der Waals surface area contributed by atoms with Gasteiger partial charge in [-0.25, -0.2) is 4.98 Å². The van der Waals surface area contributed by atoms with Crippen LogP contribution in [0.25, 0.3) is 22.8 Å². The second kappa shape index (κ2) is 6.53. The minimum atomic E-state index is 0.561. The Kier molecular flexibility index (Phi) is 3.90. The first kappa shape index (κ1) is 15.5. The first-order valence-electron chi connectivity index (χ1n) is 8.63. The second-order valence-corrected chi connectivity index (χ2v) is 7.28. The van der Waals surface area contributed by atoms with Crippen LogP contribution in [-0.2, 0) is 5.75 Å². The van der Waals surface area contributed by atoms with Crippen LogP contribution in [0.2, 0.25) is 0 Å². The normalized spacial score (nSPS) is 14.0. The molecule has 0 saturated heterocycles. The van der Waals surface area contributed by atoms with E-state index in [-0.39, 0.29) is 0 Å². The Morgan fingerprint density at radius 3 is 2.73 bits per heavy atom. The summed E-state index contributed by atoms with van der Waals surface area (Å²) >= 11 is 1.69. The van der Waals surface area contributed by atoms with Gasteiger partial charge in [0.2, 0.25) is 5.76 Å². The van der Waals surface area contributed by atoms with Gasteiger partial charge in [-0.3, -0.25) is 0 Å². The fourth-order valence-corrected chi connectivity index (χ4v) is 3.94. The van der Waals surface area contributed by atoms with E-state index in [1.807, 2.05) is 30.5 Å². The Bertz CT molecular complexity index is 1000. The summed E-state index contributed by atoms with van der Waals surface area (Å²) in [6.07, 6.45) is 6.05. The van der Waals surface area contributed by atoms with Gasteiger partial charge in [0.15, 0.2) is 10.9 Å². The highest BCUT2D eigenvalue weighted by molar-refractivity contribution is 7.98. The molecule has 4 aromatic rings. The smallest absolute Gasteiger partial charge is 0.202 e. The van der Waals surface area contributed by atoms with Gasteiger partial charge in [-0.05, 0) is 30.5 Å². The van der Waals surface area contributed by atoms with Gasteiger partial charge < -0.3 is 13.5 Å². The molecular weight excluding hydrogens is 346 g/mol. The van der Waals surface area contributed by atoms with Crippen LogP contribution in [-0.4, -0.2) is 14.7 Å². The highest BCUT2D eigenvalue weighted by Crippen LogP contribution is 2.42. The van der Waals surface area contributed by atoms with Crippen molar-refractivity contribution in [1.29, 1.82) is 0 Å². The molecule has 0 N–H and O–H groups in total. The largest absolute Gasteiger partial charge is 0.461 e. The lowest BCUT2D eigenvalue weighted by Crippen LogP contribution is -1.99.